The number of carbonyl (C=O) groups is 1. The van der Waals surface area contributed by atoms with Crippen LogP contribution in [0.2, 0.25) is 0 Å². The van der Waals surface area contributed by atoms with Crippen molar-refractivity contribution in [1.29, 1.82) is 0 Å². The Hall–Kier alpha value is -2.89. The van der Waals surface area contributed by atoms with E-state index in [1.165, 1.54) is 11.6 Å². The van der Waals surface area contributed by atoms with Gasteiger partial charge in [0.2, 0.25) is 0 Å². The number of rotatable bonds is 7. The van der Waals surface area contributed by atoms with Gasteiger partial charge in [0.25, 0.3) is 11.6 Å². The van der Waals surface area contributed by atoms with Gasteiger partial charge in [-0.1, -0.05) is 31.2 Å². The molecule has 2 rings (SSSR count). The van der Waals surface area contributed by atoms with Crippen molar-refractivity contribution in [2.45, 2.75) is 39.8 Å². The maximum absolute atomic E-state index is 12.0. The average Bonchev–Trinajstić information content (AvgIpc) is 2.59. The predicted molar refractivity (Wildman–Crippen MR) is 98.8 cm³/mol. The van der Waals surface area contributed by atoms with Crippen LogP contribution in [-0.2, 0) is 13.0 Å². The Morgan fingerprint density at radius 2 is 1.84 bits per heavy atom. The minimum Gasteiger partial charge on any atom is -0.375 e. The van der Waals surface area contributed by atoms with Crippen LogP contribution >= 0.6 is 0 Å². The van der Waals surface area contributed by atoms with E-state index in [-0.39, 0.29) is 23.2 Å². The van der Waals surface area contributed by atoms with Crippen LogP contribution in [-0.4, -0.2) is 16.9 Å². The largest absolute Gasteiger partial charge is 0.375 e. The summed E-state index contributed by atoms with van der Waals surface area (Å²) in [5.74, 6) is -0.319. The van der Waals surface area contributed by atoms with Crippen molar-refractivity contribution in [2.24, 2.45) is 0 Å². The number of nitrogens with zero attached hydrogens (tertiary/aromatic N) is 1. The van der Waals surface area contributed by atoms with E-state index in [0.29, 0.717) is 12.2 Å². The molecule has 0 aromatic heterocycles. The van der Waals surface area contributed by atoms with E-state index in [4.69, 9.17) is 0 Å². The van der Waals surface area contributed by atoms with Gasteiger partial charge >= 0.3 is 0 Å². The zero-order valence-electron chi connectivity index (χ0n) is 14.7. The zero-order chi connectivity index (χ0) is 18.4. The lowest BCUT2D eigenvalue weighted by atomic mass is 10.1. The Kier molecular flexibility index (Phi) is 6.11. The molecule has 0 fully saturated rings. The molecule has 0 aliphatic heterocycles. The van der Waals surface area contributed by atoms with Gasteiger partial charge in [0, 0.05) is 24.2 Å². The highest BCUT2D eigenvalue weighted by molar-refractivity contribution is 5.95. The summed E-state index contributed by atoms with van der Waals surface area (Å²) in [6, 6.07) is 12.4. The number of amides is 1. The number of aryl methyl sites for hydroxylation is 1. The molecule has 0 aliphatic carbocycles. The highest BCUT2D eigenvalue weighted by Crippen LogP contribution is 2.26. The Morgan fingerprint density at radius 1 is 1.16 bits per heavy atom. The molecule has 2 aromatic rings. The monoisotopic (exact) mass is 341 g/mol. The molecule has 0 atom stereocenters. The van der Waals surface area contributed by atoms with Crippen molar-refractivity contribution >= 4 is 17.3 Å². The van der Waals surface area contributed by atoms with E-state index in [0.717, 1.165) is 12.0 Å². The van der Waals surface area contributed by atoms with Crippen LogP contribution in [0.15, 0.2) is 42.5 Å². The van der Waals surface area contributed by atoms with Gasteiger partial charge in [-0.05, 0) is 43.5 Å². The first-order valence-corrected chi connectivity index (χ1v) is 8.32. The van der Waals surface area contributed by atoms with Crippen LogP contribution in [0.1, 0.15) is 42.3 Å². The molecule has 0 saturated heterocycles. The maximum atomic E-state index is 12.0. The standard InChI is InChI=1S/C19H23N3O3/c1-4-14-7-5-6-8-16(14)12-20-17-10-9-15(11-18(17)22(24)25)19(23)21-13(2)3/h5-11,13,20H,4,12H2,1-3H3,(H,21,23). The topological polar surface area (TPSA) is 84.3 Å². The molecule has 6 heteroatoms. The second-order valence-corrected chi connectivity index (χ2v) is 6.09. The van der Waals surface area contributed by atoms with Gasteiger partial charge in [0.1, 0.15) is 5.69 Å². The number of anilines is 1. The summed E-state index contributed by atoms with van der Waals surface area (Å²) in [5, 5.41) is 17.2. The third-order valence-corrected chi connectivity index (χ3v) is 3.84. The third kappa shape index (κ3) is 4.79. The quantitative estimate of drug-likeness (QED) is 0.591. The van der Waals surface area contributed by atoms with Crippen molar-refractivity contribution in [1.82, 2.24) is 5.32 Å². The number of carbonyl (C=O) groups excluding carboxylic acids is 1. The second-order valence-electron chi connectivity index (χ2n) is 6.09. The van der Waals surface area contributed by atoms with Gasteiger partial charge in [0.05, 0.1) is 4.92 Å². The molecule has 2 N–H and O–H groups in total. The smallest absolute Gasteiger partial charge is 0.293 e. The Labute approximate surface area is 147 Å². The summed E-state index contributed by atoms with van der Waals surface area (Å²) in [5.41, 5.74) is 2.87. The summed E-state index contributed by atoms with van der Waals surface area (Å²) >= 11 is 0. The second kappa shape index (κ2) is 8.28. The molecule has 0 spiro atoms. The number of hydrogen-bond acceptors (Lipinski definition) is 4. The summed E-state index contributed by atoms with van der Waals surface area (Å²) in [7, 11) is 0. The molecule has 132 valence electrons. The lowest BCUT2D eigenvalue weighted by molar-refractivity contribution is -0.384. The minimum absolute atomic E-state index is 0.0325. The molecular weight excluding hydrogens is 318 g/mol. The van der Waals surface area contributed by atoms with E-state index in [1.54, 1.807) is 12.1 Å². The van der Waals surface area contributed by atoms with Crippen LogP contribution in [0, 0.1) is 10.1 Å². The fourth-order valence-electron chi connectivity index (χ4n) is 2.58. The lowest BCUT2D eigenvalue weighted by Gasteiger charge is -2.12. The highest BCUT2D eigenvalue weighted by Gasteiger charge is 2.18. The highest BCUT2D eigenvalue weighted by atomic mass is 16.6. The van der Waals surface area contributed by atoms with Crippen LogP contribution in [0.4, 0.5) is 11.4 Å². The summed E-state index contributed by atoms with van der Waals surface area (Å²) in [6.45, 7) is 6.24. The van der Waals surface area contributed by atoms with E-state index < -0.39 is 4.92 Å². The van der Waals surface area contributed by atoms with Crippen LogP contribution in [0.25, 0.3) is 0 Å². The number of benzene rings is 2. The van der Waals surface area contributed by atoms with E-state index in [1.807, 2.05) is 38.1 Å². The molecule has 0 bridgehead atoms. The first-order chi connectivity index (χ1) is 11.9. The van der Waals surface area contributed by atoms with Crippen LogP contribution < -0.4 is 10.6 Å². The first kappa shape index (κ1) is 18.4. The Bertz CT molecular complexity index is 772. The number of hydrogen-bond donors (Lipinski definition) is 2. The maximum Gasteiger partial charge on any atom is 0.293 e. The number of nitro benzene ring substituents is 1. The van der Waals surface area contributed by atoms with Gasteiger partial charge < -0.3 is 10.6 Å². The molecule has 0 unspecified atom stereocenters. The lowest BCUT2D eigenvalue weighted by Crippen LogP contribution is -2.30. The fourth-order valence-corrected chi connectivity index (χ4v) is 2.58. The summed E-state index contributed by atoms with van der Waals surface area (Å²) in [6.07, 6.45) is 0.897. The first-order valence-electron chi connectivity index (χ1n) is 8.32. The molecule has 0 saturated carbocycles. The van der Waals surface area contributed by atoms with Crippen LogP contribution in [0.3, 0.4) is 0 Å². The van der Waals surface area contributed by atoms with E-state index in [9.17, 15) is 14.9 Å². The molecule has 25 heavy (non-hydrogen) atoms. The number of nitro groups is 1. The normalized spacial score (nSPS) is 10.6. The average molecular weight is 341 g/mol. The molecule has 0 heterocycles. The van der Waals surface area contributed by atoms with E-state index >= 15 is 0 Å². The Balaban J connectivity index is 2.23. The minimum atomic E-state index is -0.472. The number of nitrogens with one attached hydrogen (secondary N) is 2. The molecule has 0 radical (unpaired) electrons. The predicted octanol–water partition coefficient (Wildman–Crippen LogP) is 3.91. The zero-order valence-corrected chi connectivity index (χ0v) is 14.7. The summed E-state index contributed by atoms with van der Waals surface area (Å²) in [4.78, 5) is 23.0. The third-order valence-electron chi connectivity index (χ3n) is 3.84. The van der Waals surface area contributed by atoms with Crippen LogP contribution in [0.5, 0.6) is 0 Å². The molecule has 6 nitrogen and oxygen atoms in total. The van der Waals surface area contributed by atoms with Gasteiger partial charge in [-0.15, -0.1) is 0 Å². The van der Waals surface area contributed by atoms with Crippen molar-refractivity contribution < 1.29 is 9.72 Å². The van der Waals surface area contributed by atoms with E-state index in [2.05, 4.69) is 17.6 Å². The Morgan fingerprint density at radius 3 is 2.44 bits per heavy atom. The van der Waals surface area contributed by atoms with Gasteiger partial charge in [-0.3, -0.25) is 14.9 Å². The van der Waals surface area contributed by atoms with Crippen molar-refractivity contribution in [3.63, 3.8) is 0 Å². The van der Waals surface area contributed by atoms with Crippen molar-refractivity contribution in [2.75, 3.05) is 5.32 Å². The SMILES string of the molecule is CCc1ccccc1CNc1ccc(C(=O)NC(C)C)cc1[N+](=O)[O-]. The molecule has 0 aliphatic rings. The van der Waals surface area contributed by atoms with Crippen molar-refractivity contribution in [3.8, 4) is 0 Å². The van der Waals surface area contributed by atoms with Gasteiger partial charge in [0.15, 0.2) is 0 Å². The van der Waals surface area contributed by atoms with Crippen molar-refractivity contribution in [3.05, 3.63) is 69.3 Å². The summed E-state index contributed by atoms with van der Waals surface area (Å²) < 4.78 is 0. The van der Waals surface area contributed by atoms with Gasteiger partial charge in [-0.2, -0.15) is 0 Å². The van der Waals surface area contributed by atoms with Gasteiger partial charge in [-0.25, -0.2) is 0 Å². The molecule has 1 amide bonds. The molecular formula is C19H23N3O3. The fraction of sp³-hybridized carbons (Fsp3) is 0.316. The molecule has 2 aromatic carbocycles.